The molecule has 1 aliphatic carbocycles. The predicted octanol–water partition coefficient (Wildman–Crippen LogP) is 2.57. The molecule has 1 aliphatic rings. The van der Waals surface area contributed by atoms with Gasteiger partial charge in [-0.05, 0) is 72.5 Å². The zero-order valence-electron chi connectivity index (χ0n) is 13.5. The highest BCUT2D eigenvalue weighted by Gasteiger charge is 2.12. The highest BCUT2D eigenvalue weighted by atomic mass is 15.1. The molecule has 1 fully saturated rings. The highest BCUT2D eigenvalue weighted by Crippen LogP contribution is 2.17. The molecule has 0 bridgehead atoms. The first-order valence-corrected chi connectivity index (χ1v) is 8.33. The van der Waals surface area contributed by atoms with Crippen molar-refractivity contribution in [3.8, 4) is 0 Å². The van der Waals surface area contributed by atoms with Crippen molar-refractivity contribution in [2.75, 3.05) is 46.8 Å². The largest absolute Gasteiger partial charge is 0.314 e. The van der Waals surface area contributed by atoms with Gasteiger partial charge in [0.05, 0.1) is 0 Å². The van der Waals surface area contributed by atoms with Crippen molar-refractivity contribution in [3.05, 3.63) is 0 Å². The molecule has 0 unspecified atom stereocenters. The van der Waals surface area contributed by atoms with Gasteiger partial charge in [-0.3, -0.25) is 0 Å². The van der Waals surface area contributed by atoms with Crippen LogP contribution in [0.4, 0.5) is 0 Å². The van der Waals surface area contributed by atoms with Crippen LogP contribution in [0.15, 0.2) is 0 Å². The van der Waals surface area contributed by atoms with Crippen LogP contribution in [0.3, 0.4) is 0 Å². The molecule has 0 aromatic carbocycles. The van der Waals surface area contributed by atoms with Gasteiger partial charge in [0.15, 0.2) is 0 Å². The van der Waals surface area contributed by atoms with E-state index >= 15 is 0 Å². The monoisotopic (exact) mass is 269 g/mol. The van der Waals surface area contributed by atoms with Crippen LogP contribution in [-0.2, 0) is 0 Å². The van der Waals surface area contributed by atoms with Gasteiger partial charge < -0.3 is 15.1 Å². The van der Waals surface area contributed by atoms with E-state index < -0.39 is 0 Å². The van der Waals surface area contributed by atoms with E-state index in [4.69, 9.17) is 0 Å². The number of rotatable bonds is 10. The summed E-state index contributed by atoms with van der Waals surface area (Å²) in [6.07, 6.45) is 9.71. The minimum absolute atomic E-state index is 0.817. The Kier molecular flexibility index (Phi) is 9.48. The molecule has 0 spiro atoms. The molecule has 19 heavy (non-hydrogen) atoms. The summed E-state index contributed by atoms with van der Waals surface area (Å²) in [5, 5.41) is 3.74. The Bertz CT molecular complexity index is 200. The molecule has 0 heterocycles. The SMILES string of the molecule is CCN(CCCNC1CCCCC1)CCCN(C)C. The number of nitrogens with one attached hydrogen (secondary N) is 1. The van der Waals surface area contributed by atoms with Crippen LogP contribution in [0, 0.1) is 0 Å². The maximum atomic E-state index is 3.74. The Morgan fingerprint density at radius 2 is 1.63 bits per heavy atom. The van der Waals surface area contributed by atoms with Crippen LogP contribution in [0.25, 0.3) is 0 Å². The fraction of sp³-hybridized carbons (Fsp3) is 1.00. The van der Waals surface area contributed by atoms with Gasteiger partial charge in [0.2, 0.25) is 0 Å². The fourth-order valence-electron chi connectivity index (χ4n) is 2.95. The van der Waals surface area contributed by atoms with E-state index in [1.807, 2.05) is 0 Å². The maximum absolute atomic E-state index is 3.74. The first-order chi connectivity index (χ1) is 9.22. The van der Waals surface area contributed by atoms with E-state index in [9.17, 15) is 0 Å². The Hall–Kier alpha value is -0.120. The van der Waals surface area contributed by atoms with Crippen LogP contribution in [0.1, 0.15) is 51.9 Å². The van der Waals surface area contributed by atoms with Crippen molar-refractivity contribution in [2.45, 2.75) is 57.9 Å². The first-order valence-electron chi connectivity index (χ1n) is 8.33. The quantitative estimate of drug-likeness (QED) is 0.615. The number of hydrogen-bond donors (Lipinski definition) is 1. The summed E-state index contributed by atoms with van der Waals surface area (Å²) in [6.45, 7) is 8.38. The Morgan fingerprint density at radius 1 is 0.947 bits per heavy atom. The summed E-state index contributed by atoms with van der Waals surface area (Å²) < 4.78 is 0. The average Bonchev–Trinajstić information content (AvgIpc) is 2.42. The van der Waals surface area contributed by atoms with E-state index in [2.05, 4.69) is 36.1 Å². The molecule has 3 heteroatoms. The van der Waals surface area contributed by atoms with Crippen molar-refractivity contribution in [3.63, 3.8) is 0 Å². The molecule has 1 N–H and O–H groups in total. The van der Waals surface area contributed by atoms with Crippen molar-refractivity contribution >= 4 is 0 Å². The molecule has 0 radical (unpaired) electrons. The molecule has 1 saturated carbocycles. The zero-order valence-corrected chi connectivity index (χ0v) is 13.5. The summed E-state index contributed by atoms with van der Waals surface area (Å²) in [7, 11) is 4.31. The van der Waals surface area contributed by atoms with Crippen molar-refractivity contribution in [1.82, 2.24) is 15.1 Å². The lowest BCUT2D eigenvalue weighted by molar-refractivity contribution is 0.259. The predicted molar refractivity (Wildman–Crippen MR) is 84.8 cm³/mol. The topological polar surface area (TPSA) is 18.5 Å². The summed E-state index contributed by atoms with van der Waals surface area (Å²) in [6, 6.07) is 0.817. The second-order valence-corrected chi connectivity index (χ2v) is 6.23. The van der Waals surface area contributed by atoms with Gasteiger partial charge in [0.25, 0.3) is 0 Å². The third-order valence-electron chi connectivity index (χ3n) is 4.22. The second-order valence-electron chi connectivity index (χ2n) is 6.23. The molecule has 0 aliphatic heterocycles. The van der Waals surface area contributed by atoms with Crippen molar-refractivity contribution in [2.24, 2.45) is 0 Å². The lowest BCUT2D eigenvalue weighted by Gasteiger charge is -2.24. The number of nitrogens with zero attached hydrogens (tertiary/aromatic N) is 2. The van der Waals surface area contributed by atoms with Gasteiger partial charge in [-0.15, -0.1) is 0 Å². The fourth-order valence-corrected chi connectivity index (χ4v) is 2.95. The Morgan fingerprint density at radius 3 is 2.26 bits per heavy atom. The van der Waals surface area contributed by atoms with Crippen LogP contribution in [0.5, 0.6) is 0 Å². The van der Waals surface area contributed by atoms with E-state index in [1.54, 1.807) is 0 Å². The van der Waals surface area contributed by atoms with Crippen molar-refractivity contribution < 1.29 is 0 Å². The summed E-state index contributed by atoms with van der Waals surface area (Å²) in [4.78, 5) is 4.87. The van der Waals surface area contributed by atoms with Crippen LogP contribution < -0.4 is 5.32 Å². The van der Waals surface area contributed by atoms with E-state index in [0.29, 0.717) is 0 Å². The van der Waals surface area contributed by atoms with Gasteiger partial charge in [-0.1, -0.05) is 26.2 Å². The van der Waals surface area contributed by atoms with Crippen LogP contribution >= 0.6 is 0 Å². The molecule has 0 saturated heterocycles. The first kappa shape index (κ1) is 16.9. The maximum Gasteiger partial charge on any atom is 0.00670 e. The molecule has 0 atom stereocenters. The third kappa shape index (κ3) is 8.61. The molecular formula is C16H35N3. The van der Waals surface area contributed by atoms with E-state index in [0.717, 1.165) is 6.04 Å². The van der Waals surface area contributed by atoms with Gasteiger partial charge in [-0.25, -0.2) is 0 Å². The molecule has 0 amide bonds. The van der Waals surface area contributed by atoms with Gasteiger partial charge in [-0.2, -0.15) is 0 Å². The Labute approximate surface area is 120 Å². The molecule has 0 aromatic heterocycles. The summed E-state index contributed by atoms with van der Waals surface area (Å²) >= 11 is 0. The van der Waals surface area contributed by atoms with Crippen LogP contribution in [-0.4, -0.2) is 62.7 Å². The molecular weight excluding hydrogens is 234 g/mol. The smallest absolute Gasteiger partial charge is 0.00670 e. The number of hydrogen-bond acceptors (Lipinski definition) is 3. The minimum atomic E-state index is 0.817. The lowest BCUT2D eigenvalue weighted by atomic mass is 9.95. The average molecular weight is 269 g/mol. The highest BCUT2D eigenvalue weighted by molar-refractivity contribution is 4.71. The summed E-state index contributed by atoms with van der Waals surface area (Å²) in [5.74, 6) is 0. The second kappa shape index (κ2) is 10.6. The third-order valence-corrected chi connectivity index (χ3v) is 4.22. The summed E-state index contributed by atoms with van der Waals surface area (Å²) in [5.41, 5.74) is 0. The van der Waals surface area contributed by atoms with E-state index in [1.165, 1.54) is 77.7 Å². The minimum Gasteiger partial charge on any atom is -0.314 e. The normalized spacial score (nSPS) is 17.5. The van der Waals surface area contributed by atoms with Gasteiger partial charge in [0.1, 0.15) is 0 Å². The molecule has 3 nitrogen and oxygen atoms in total. The lowest BCUT2D eigenvalue weighted by Crippen LogP contribution is -2.34. The van der Waals surface area contributed by atoms with Crippen LogP contribution in [0.2, 0.25) is 0 Å². The zero-order chi connectivity index (χ0) is 13.9. The molecule has 114 valence electrons. The van der Waals surface area contributed by atoms with Gasteiger partial charge >= 0.3 is 0 Å². The standard InChI is InChI=1S/C16H35N3/c1-4-19(15-9-13-18(2)3)14-8-12-17-16-10-6-5-7-11-16/h16-17H,4-15H2,1-3H3. The molecule has 1 rings (SSSR count). The van der Waals surface area contributed by atoms with Crippen molar-refractivity contribution in [1.29, 1.82) is 0 Å². The Balaban J connectivity index is 1.98. The van der Waals surface area contributed by atoms with Gasteiger partial charge in [0, 0.05) is 6.04 Å². The molecule has 0 aromatic rings. The van der Waals surface area contributed by atoms with E-state index in [-0.39, 0.29) is 0 Å².